The Labute approximate surface area is 91.9 Å². The number of carboxylic acids is 1. The van der Waals surface area contributed by atoms with Gasteiger partial charge in [-0.25, -0.2) is 4.39 Å². The molecule has 0 amide bonds. The molecule has 0 bridgehead atoms. The molecule has 0 spiro atoms. The van der Waals surface area contributed by atoms with Crippen molar-refractivity contribution in [3.8, 4) is 0 Å². The largest absolute Gasteiger partial charge is 0.481 e. The average Bonchev–Trinajstić information content (AvgIpc) is 2.18. The van der Waals surface area contributed by atoms with Gasteiger partial charge >= 0.3 is 5.97 Å². The highest BCUT2D eigenvalue weighted by molar-refractivity contribution is 6.33. The van der Waals surface area contributed by atoms with Gasteiger partial charge < -0.3 is 10.4 Å². The molecule has 1 aromatic carbocycles. The number of carbonyl (C=O) groups is 1. The van der Waals surface area contributed by atoms with Gasteiger partial charge in [-0.15, -0.1) is 0 Å². The zero-order valence-corrected chi connectivity index (χ0v) is 8.88. The lowest BCUT2D eigenvalue weighted by Crippen LogP contribution is -2.19. The summed E-state index contributed by atoms with van der Waals surface area (Å²) in [5.41, 5.74) is 0.407. The normalized spacial score (nSPS) is 12.2. The van der Waals surface area contributed by atoms with Crippen molar-refractivity contribution in [3.05, 3.63) is 29.0 Å². The van der Waals surface area contributed by atoms with Gasteiger partial charge in [-0.2, -0.15) is 0 Å². The molecule has 0 aliphatic heterocycles. The Bertz CT molecular complexity index is 370. The number of hydrogen-bond acceptors (Lipinski definition) is 2. The first-order valence-corrected chi connectivity index (χ1v) is 4.80. The maximum Gasteiger partial charge on any atom is 0.308 e. The molecule has 15 heavy (non-hydrogen) atoms. The molecular weight excluding hydrogens is 221 g/mol. The van der Waals surface area contributed by atoms with Crippen LogP contribution in [0.25, 0.3) is 0 Å². The molecule has 0 aliphatic carbocycles. The second-order valence-corrected chi connectivity index (χ2v) is 3.65. The van der Waals surface area contributed by atoms with E-state index in [4.69, 9.17) is 16.7 Å². The van der Waals surface area contributed by atoms with Gasteiger partial charge in [-0.3, -0.25) is 4.79 Å². The highest BCUT2D eigenvalue weighted by Gasteiger charge is 2.11. The predicted octanol–water partition coefficient (Wildman–Crippen LogP) is 2.61. The number of anilines is 1. The van der Waals surface area contributed by atoms with Crippen LogP contribution in [0.3, 0.4) is 0 Å². The predicted molar refractivity (Wildman–Crippen MR) is 56.7 cm³/mol. The van der Waals surface area contributed by atoms with Crippen molar-refractivity contribution in [2.45, 2.75) is 6.92 Å². The van der Waals surface area contributed by atoms with Crippen LogP contribution in [-0.2, 0) is 4.79 Å². The minimum absolute atomic E-state index is 0.207. The molecule has 5 heteroatoms. The molecular formula is C10H11ClFNO2. The SMILES string of the molecule is CC(CNc1cc(F)ccc1Cl)C(=O)O. The van der Waals surface area contributed by atoms with Crippen molar-refractivity contribution in [2.75, 3.05) is 11.9 Å². The molecule has 0 saturated heterocycles. The van der Waals surface area contributed by atoms with E-state index < -0.39 is 17.7 Å². The van der Waals surface area contributed by atoms with Crippen LogP contribution in [0.5, 0.6) is 0 Å². The number of carboxylic acid groups (broad SMARTS) is 1. The number of benzene rings is 1. The summed E-state index contributed by atoms with van der Waals surface area (Å²) < 4.78 is 12.8. The van der Waals surface area contributed by atoms with E-state index in [-0.39, 0.29) is 6.54 Å². The van der Waals surface area contributed by atoms with Gasteiger partial charge in [0.15, 0.2) is 0 Å². The first kappa shape index (κ1) is 11.8. The lowest BCUT2D eigenvalue weighted by molar-refractivity contribution is -0.140. The monoisotopic (exact) mass is 231 g/mol. The summed E-state index contributed by atoms with van der Waals surface area (Å²) in [5.74, 6) is -1.87. The summed E-state index contributed by atoms with van der Waals surface area (Å²) in [4.78, 5) is 10.5. The van der Waals surface area contributed by atoms with E-state index in [1.165, 1.54) is 18.2 Å². The third-order valence-corrected chi connectivity index (χ3v) is 2.28. The molecule has 0 saturated carbocycles. The Balaban J connectivity index is 2.65. The molecule has 1 aromatic rings. The van der Waals surface area contributed by atoms with E-state index in [0.717, 1.165) is 0 Å². The fourth-order valence-corrected chi connectivity index (χ4v) is 1.17. The summed E-state index contributed by atoms with van der Waals surface area (Å²) in [6, 6.07) is 3.90. The van der Waals surface area contributed by atoms with Gasteiger partial charge in [-0.05, 0) is 18.2 Å². The van der Waals surface area contributed by atoms with Crippen LogP contribution in [-0.4, -0.2) is 17.6 Å². The number of aliphatic carboxylic acids is 1. The van der Waals surface area contributed by atoms with Crippen molar-refractivity contribution >= 4 is 23.3 Å². The smallest absolute Gasteiger partial charge is 0.308 e. The van der Waals surface area contributed by atoms with E-state index in [1.54, 1.807) is 6.92 Å². The Morgan fingerprint density at radius 2 is 2.33 bits per heavy atom. The third kappa shape index (κ3) is 3.40. The quantitative estimate of drug-likeness (QED) is 0.838. The van der Waals surface area contributed by atoms with Crippen molar-refractivity contribution in [1.29, 1.82) is 0 Å². The highest BCUT2D eigenvalue weighted by atomic mass is 35.5. The van der Waals surface area contributed by atoms with Gasteiger partial charge in [0.25, 0.3) is 0 Å². The maximum absolute atomic E-state index is 12.8. The van der Waals surface area contributed by atoms with Crippen LogP contribution in [0.4, 0.5) is 10.1 Å². The minimum Gasteiger partial charge on any atom is -0.481 e. The second-order valence-electron chi connectivity index (χ2n) is 3.24. The molecule has 3 nitrogen and oxygen atoms in total. The van der Waals surface area contributed by atoms with Crippen molar-refractivity contribution in [1.82, 2.24) is 0 Å². The maximum atomic E-state index is 12.8. The summed E-state index contributed by atoms with van der Waals surface area (Å²) in [7, 11) is 0. The lowest BCUT2D eigenvalue weighted by atomic mass is 10.2. The standard InChI is InChI=1S/C10H11ClFNO2/c1-6(10(14)15)5-13-9-4-7(12)2-3-8(9)11/h2-4,6,13H,5H2,1H3,(H,14,15). The Morgan fingerprint density at radius 3 is 2.93 bits per heavy atom. The van der Waals surface area contributed by atoms with Crippen molar-refractivity contribution < 1.29 is 14.3 Å². The van der Waals surface area contributed by atoms with Crippen LogP contribution >= 0.6 is 11.6 Å². The zero-order chi connectivity index (χ0) is 11.4. The van der Waals surface area contributed by atoms with Crippen LogP contribution in [0, 0.1) is 11.7 Å². The summed E-state index contributed by atoms with van der Waals surface area (Å²) in [6.07, 6.45) is 0. The van der Waals surface area contributed by atoms with E-state index >= 15 is 0 Å². The van der Waals surface area contributed by atoms with Crippen LogP contribution in [0.1, 0.15) is 6.92 Å². The molecule has 0 aliphatic rings. The van der Waals surface area contributed by atoms with Crippen LogP contribution in [0.2, 0.25) is 5.02 Å². The molecule has 1 atom stereocenters. The molecule has 0 aromatic heterocycles. The summed E-state index contributed by atoms with van der Waals surface area (Å²) in [6.45, 7) is 1.76. The topological polar surface area (TPSA) is 49.3 Å². The van der Waals surface area contributed by atoms with E-state index in [2.05, 4.69) is 5.32 Å². The van der Waals surface area contributed by atoms with Crippen molar-refractivity contribution in [2.24, 2.45) is 5.92 Å². The van der Waals surface area contributed by atoms with Gasteiger partial charge in [0, 0.05) is 6.54 Å². The molecule has 0 radical (unpaired) electrons. The fourth-order valence-electron chi connectivity index (χ4n) is 0.983. The number of rotatable bonds is 4. The van der Waals surface area contributed by atoms with E-state index in [0.29, 0.717) is 10.7 Å². The number of nitrogens with one attached hydrogen (secondary N) is 1. The van der Waals surface area contributed by atoms with E-state index in [9.17, 15) is 9.18 Å². The second kappa shape index (κ2) is 4.98. The van der Waals surface area contributed by atoms with E-state index in [1.807, 2.05) is 0 Å². The third-order valence-electron chi connectivity index (χ3n) is 1.95. The van der Waals surface area contributed by atoms with Gasteiger partial charge in [0.2, 0.25) is 0 Å². The minimum atomic E-state index is -0.907. The highest BCUT2D eigenvalue weighted by Crippen LogP contribution is 2.22. The fraction of sp³-hybridized carbons (Fsp3) is 0.300. The molecule has 1 rings (SSSR count). The zero-order valence-electron chi connectivity index (χ0n) is 8.13. The first-order valence-electron chi connectivity index (χ1n) is 4.42. The molecule has 1 unspecified atom stereocenters. The van der Waals surface area contributed by atoms with Crippen molar-refractivity contribution in [3.63, 3.8) is 0 Å². The Hall–Kier alpha value is -1.29. The summed E-state index contributed by atoms with van der Waals surface area (Å²) in [5, 5.41) is 11.8. The Morgan fingerprint density at radius 1 is 1.67 bits per heavy atom. The molecule has 82 valence electrons. The number of halogens is 2. The molecule has 2 N–H and O–H groups in total. The average molecular weight is 232 g/mol. The first-order chi connectivity index (χ1) is 7.00. The summed E-state index contributed by atoms with van der Waals surface area (Å²) >= 11 is 5.78. The van der Waals surface area contributed by atoms with Gasteiger partial charge in [0.05, 0.1) is 16.6 Å². The molecule has 0 heterocycles. The van der Waals surface area contributed by atoms with Gasteiger partial charge in [-0.1, -0.05) is 18.5 Å². The number of hydrogen-bond donors (Lipinski definition) is 2. The van der Waals surface area contributed by atoms with Crippen LogP contribution in [0.15, 0.2) is 18.2 Å². The molecule has 0 fully saturated rings. The van der Waals surface area contributed by atoms with Gasteiger partial charge in [0.1, 0.15) is 5.82 Å². The Kier molecular flexibility index (Phi) is 3.91. The van der Waals surface area contributed by atoms with Crippen LogP contribution < -0.4 is 5.32 Å². The lowest BCUT2D eigenvalue weighted by Gasteiger charge is -2.10.